The zero-order chi connectivity index (χ0) is 18.1. The Bertz CT molecular complexity index is 762. The second-order valence-corrected chi connectivity index (χ2v) is 6.50. The summed E-state index contributed by atoms with van der Waals surface area (Å²) in [6.45, 7) is 7.55. The molecule has 0 saturated heterocycles. The fraction of sp³-hybridized carbons (Fsp3) is 0.375. The van der Waals surface area contributed by atoms with E-state index in [1.807, 2.05) is 6.92 Å². The van der Waals surface area contributed by atoms with E-state index in [1.54, 1.807) is 19.2 Å². The van der Waals surface area contributed by atoms with E-state index in [0.717, 1.165) is 23.3 Å². The highest BCUT2D eigenvalue weighted by molar-refractivity contribution is 7.17. The Balaban J connectivity index is 2.24. The summed E-state index contributed by atoms with van der Waals surface area (Å²) in [5.74, 6) is -1.33. The number of hydrogen-bond acceptors (Lipinski definition) is 4. The Morgan fingerprint density at radius 1 is 1.42 bits per heavy atom. The molecule has 0 bridgehead atoms. The first kappa shape index (κ1) is 18.3. The van der Waals surface area contributed by atoms with Gasteiger partial charge < -0.3 is 9.42 Å². The molecule has 0 aliphatic heterocycles. The van der Waals surface area contributed by atoms with Gasteiger partial charge in [-0.2, -0.15) is 13.2 Å². The van der Waals surface area contributed by atoms with E-state index in [-0.39, 0.29) is 17.2 Å². The Hall–Kier alpha value is -2.09. The van der Waals surface area contributed by atoms with E-state index in [9.17, 15) is 18.0 Å². The molecule has 0 N–H and O–H groups in total. The third-order valence-electron chi connectivity index (χ3n) is 3.54. The minimum atomic E-state index is -4.59. The quantitative estimate of drug-likeness (QED) is 0.724. The summed E-state index contributed by atoms with van der Waals surface area (Å²) in [5.41, 5.74) is 0.938. The molecule has 24 heavy (non-hydrogen) atoms. The smallest absolute Gasteiger partial charge is 0.351 e. The number of hydrogen-bond donors (Lipinski definition) is 0. The summed E-state index contributed by atoms with van der Waals surface area (Å²) in [4.78, 5) is 14.8. The highest BCUT2D eigenvalue weighted by Gasteiger charge is 2.39. The lowest BCUT2D eigenvalue weighted by Gasteiger charge is -2.16. The molecule has 0 fully saturated rings. The molecule has 0 aliphatic rings. The largest absolute Gasteiger partial charge is 0.452 e. The van der Waals surface area contributed by atoms with Crippen molar-refractivity contribution in [1.29, 1.82) is 0 Å². The Morgan fingerprint density at radius 3 is 2.62 bits per heavy atom. The van der Waals surface area contributed by atoms with E-state index < -0.39 is 11.9 Å². The third kappa shape index (κ3) is 3.69. The summed E-state index contributed by atoms with van der Waals surface area (Å²) in [5, 5.41) is 3.51. The van der Waals surface area contributed by atoms with Crippen LogP contribution in [0.2, 0.25) is 0 Å². The van der Waals surface area contributed by atoms with Crippen molar-refractivity contribution in [2.45, 2.75) is 26.4 Å². The number of aromatic nitrogens is 1. The summed E-state index contributed by atoms with van der Waals surface area (Å²) < 4.78 is 42.7. The maximum absolute atomic E-state index is 12.8. The number of carbonyl (C=O) groups excluding carboxylic acids is 1. The van der Waals surface area contributed by atoms with Gasteiger partial charge in [0, 0.05) is 19.2 Å². The molecule has 2 aromatic rings. The standard InChI is InChI=1S/C16H17F3N2O2S/c1-5-9(2)8-21(4)15(22)12-7-6-11(24-12)13-10(3)14(23-20-13)16(17,18)19/h6-7H,2,5,8H2,1,3-4H3. The lowest BCUT2D eigenvalue weighted by Crippen LogP contribution is -2.27. The van der Waals surface area contributed by atoms with Gasteiger partial charge in [0.1, 0.15) is 5.69 Å². The van der Waals surface area contributed by atoms with Crippen LogP contribution in [0.25, 0.3) is 10.6 Å². The number of carbonyl (C=O) groups is 1. The van der Waals surface area contributed by atoms with Crippen LogP contribution < -0.4 is 0 Å². The molecule has 2 aromatic heterocycles. The molecule has 0 atom stereocenters. The number of alkyl halides is 3. The van der Waals surface area contributed by atoms with Crippen molar-refractivity contribution >= 4 is 17.2 Å². The van der Waals surface area contributed by atoms with Gasteiger partial charge in [0.25, 0.3) is 5.91 Å². The minimum Gasteiger partial charge on any atom is -0.351 e. The van der Waals surface area contributed by atoms with Crippen molar-refractivity contribution in [3.63, 3.8) is 0 Å². The zero-order valence-electron chi connectivity index (χ0n) is 13.5. The van der Waals surface area contributed by atoms with Crippen LogP contribution in [0.3, 0.4) is 0 Å². The van der Waals surface area contributed by atoms with Crippen LogP contribution in [-0.2, 0) is 6.18 Å². The predicted octanol–water partition coefficient (Wildman–Crippen LogP) is 4.77. The van der Waals surface area contributed by atoms with Crippen LogP contribution in [0, 0.1) is 6.92 Å². The van der Waals surface area contributed by atoms with Crippen molar-refractivity contribution in [3.05, 3.63) is 40.5 Å². The monoisotopic (exact) mass is 358 g/mol. The van der Waals surface area contributed by atoms with E-state index >= 15 is 0 Å². The second kappa shape index (κ2) is 6.80. The maximum Gasteiger partial charge on any atom is 0.452 e. The highest BCUT2D eigenvalue weighted by Crippen LogP contribution is 2.38. The summed E-state index contributed by atoms with van der Waals surface area (Å²) in [7, 11) is 1.66. The van der Waals surface area contributed by atoms with Crippen molar-refractivity contribution in [2.75, 3.05) is 13.6 Å². The molecule has 0 radical (unpaired) electrons. The van der Waals surface area contributed by atoms with Gasteiger partial charge in [0.05, 0.1) is 9.75 Å². The molecular weight excluding hydrogens is 341 g/mol. The Labute approximate surface area is 141 Å². The molecule has 0 aliphatic carbocycles. The van der Waals surface area contributed by atoms with E-state index in [1.165, 1.54) is 11.8 Å². The SMILES string of the molecule is C=C(CC)CN(C)C(=O)c1ccc(-c2noc(C(F)(F)F)c2C)s1. The van der Waals surface area contributed by atoms with Gasteiger partial charge in [-0.1, -0.05) is 24.2 Å². The van der Waals surface area contributed by atoms with Crippen molar-refractivity contribution in [3.8, 4) is 10.6 Å². The normalized spacial score (nSPS) is 11.6. The van der Waals surface area contributed by atoms with Crippen LogP contribution in [0.1, 0.15) is 34.3 Å². The average Bonchev–Trinajstić information content (AvgIpc) is 3.11. The summed E-state index contributed by atoms with van der Waals surface area (Å²) in [6.07, 6.45) is -3.82. The van der Waals surface area contributed by atoms with Crippen molar-refractivity contribution < 1.29 is 22.5 Å². The van der Waals surface area contributed by atoms with Crippen LogP contribution in [0.15, 0.2) is 28.8 Å². The summed E-state index contributed by atoms with van der Waals surface area (Å²) in [6, 6.07) is 3.15. The fourth-order valence-electron chi connectivity index (χ4n) is 2.12. The van der Waals surface area contributed by atoms with Gasteiger partial charge in [-0.15, -0.1) is 11.3 Å². The molecule has 1 amide bonds. The third-order valence-corrected chi connectivity index (χ3v) is 4.62. The van der Waals surface area contributed by atoms with Crippen LogP contribution in [-0.4, -0.2) is 29.6 Å². The highest BCUT2D eigenvalue weighted by atomic mass is 32.1. The Kier molecular flexibility index (Phi) is 5.17. The second-order valence-electron chi connectivity index (χ2n) is 5.41. The molecular formula is C16H17F3N2O2S. The molecule has 0 aromatic carbocycles. The van der Waals surface area contributed by atoms with Crippen LogP contribution in [0.4, 0.5) is 13.2 Å². The van der Waals surface area contributed by atoms with Gasteiger partial charge in [-0.05, 0) is 25.5 Å². The van der Waals surface area contributed by atoms with Crippen molar-refractivity contribution in [2.24, 2.45) is 0 Å². The molecule has 0 saturated carbocycles. The van der Waals surface area contributed by atoms with Crippen LogP contribution >= 0.6 is 11.3 Å². The fourth-order valence-corrected chi connectivity index (χ4v) is 3.16. The lowest BCUT2D eigenvalue weighted by molar-refractivity contribution is -0.156. The first-order valence-corrected chi connectivity index (χ1v) is 8.02. The van der Waals surface area contributed by atoms with Gasteiger partial charge in [0.15, 0.2) is 0 Å². The molecule has 2 rings (SSSR count). The number of likely N-dealkylation sites (N-methyl/N-ethyl adjacent to an activating group) is 1. The topological polar surface area (TPSA) is 46.3 Å². The molecule has 4 nitrogen and oxygen atoms in total. The Morgan fingerprint density at radius 2 is 2.08 bits per heavy atom. The lowest BCUT2D eigenvalue weighted by atomic mass is 10.2. The van der Waals surface area contributed by atoms with Gasteiger partial charge in [0.2, 0.25) is 5.76 Å². The molecule has 0 spiro atoms. The summed E-state index contributed by atoms with van der Waals surface area (Å²) >= 11 is 1.08. The number of halogens is 3. The average molecular weight is 358 g/mol. The number of rotatable bonds is 5. The number of thiophene rings is 1. The number of amides is 1. The molecule has 0 unspecified atom stereocenters. The first-order valence-electron chi connectivity index (χ1n) is 7.21. The zero-order valence-corrected chi connectivity index (χ0v) is 14.3. The predicted molar refractivity (Wildman–Crippen MR) is 85.9 cm³/mol. The first-order chi connectivity index (χ1) is 11.1. The van der Waals surface area contributed by atoms with E-state index in [0.29, 0.717) is 16.3 Å². The maximum atomic E-state index is 12.8. The van der Waals surface area contributed by atoms with E-state index in [4.69, 9.17) is 0 Å². The van der Waals surface area contributed by atoms with E-state index in [2.05, 4.69) is 16.3 Å². The van der Waals surface area contributed by atoms with Crippen LogP contribution in [0.5, 0.6) is 0 Å². The van der Waals surface area contributed by atoms with Gasteiger partial charge in [-0.3, -0.25) is 4.79 Å². The molecule has 2 heterocycles. The van der Waals surface area contributed by atoms with Gasteiger partial charge >= 0.3 is 6.18 Å². The van der Waals surface area contributed by atoms with Crippen molar-refractivity contribution in [1.82, 2.24) is 10.1 Å². The number of nitrogens with zero attached hydrogens (tertiary/aromatic N) is 2. The molecule has 130 valence electrons. The molecule has 8 heteroatoms. The van der Waals surface area contributed by atoms with Gasteiger partial charge in [-0.25, -0.2) is 0 Å². The minimum absolute atomic E-state index is 0.0870.